The summed E-state index contributed by atoms with van der Waals surface area (Å²) in [6.07, 6.45) is -1.85. The maximum atomic E-state index is 12.7. The van der Waals surface area contributed by atoms with Gasteiger partial charge in [-0.1, -0.05) is 0 Å². The number of pyridine rings is 1. The van der Waals surface area contributed by atoms with Gasteiger partial charge in [0.25, 0.3) is 6.43 Å². The number of carbonyl (C=O) groups is 1. The summed E-state index contributed by atoms with van der Waals surface area (Å²) in [6, 6.07) is 0. The zero-order valence-corrected chi connectivity index (χ0v) is 10.9. The smallest absolute Gasteiger partial charge is 0.307 e. The quantitative estimate of drug-likeness (QED) is 0.636. The van der Waals surface area contributed by atoms with E-state index in [9.17, 15) is 13.6 Å². The van der Waals surface area contributed by atoms with Crippen LogP contribution in [-0.2, 0) is 11.2 Å². The Bertz CT molecular complexity index is 400. The molecule has 1 aromatic heterocycles. The lowest BCUT2D eigenvalue weighted by Gasteiger charge is -2.10. The molecule has 0 aliphatic heterocycles. The van der Waals surface area contributed by atoms with Crippen LogP contribution in [0.25, 0.3) is 0 Å². The number of hydrogen-bond donors (Lipinski definition) is 1. The van der Waals surface area contributed by atoms with E-state index in [0.29, 0.717) is 4.47 Å². The Balaban J connectivity index is 3.31. The normalized spacial score (nSPS) is 10.7. The lowest BCUT2D eigenvalue weighted by atomic mass is 10.1. The largest absolute Gasteiger partial charge is 0.481 e. The van der Waals surface area contributed by atoms with Crippen LogP contribution in [0.15, 0.2) is 10.7 Å². The van der Waals surface area contributed by atoms with E-state index in [4.69, 9.17) is 5.11 Å². The molecule has 82 valence electrons. The molecule has 0 bridgehead atoms. The minimum atomic E-state index is -2.73. The van der Waals surface area contributed by atoms with E-state index in [2.05, 4.69) is 20.9 Å². The van der Waals surface area contributed by atoms with E-state index >= 15 is 0 Å². The summed E-state index contributed by atoms with van der Waals surface area (Å²) in [5.41, 5.74) is -0.232. The highest BCUT2D eigenvalue weighted by Crippen LogP contribution is 2.31. The number of halogens is 4. The van der Waals surface area contributed by atoms with Crippen LogP contribution >= 0.6 is 38.5 Å². The minimum Gasteiger partial charge on any atom is -0.481 e. The number of alkyl halides is 2. The summed E-state index contributed by atoms with van der Waals surface area (Å²) in [4.78, 5) is 14.3. The number of hydrogen-bond acceptors (Lipinski definition) is 2. The van der Waals surface area contributed by atoms with Gasteiger partial charge in [0.05, 0.1) is 12.0 Å². The lowest BCUT2D eigenvalue weighted by Crippen LogP contribution is -2.08. The Kier molecular flexibility index (Phi) is 4.38. The van der Waals surface area contributed by atoms with E-state index in [1.54, 1.807) is 22.6 Å². The van der Waals surface area contributed by atoms with Crippen molar-refractivity contribution in [1.29, 1.82) is 0 Å². The fourth-order valence-corrected chi connectivity index (χ4v) is 2.22. The van der Waals surface area contributed by atoms with Crippen molar-refractivity contribution in [3.8, 4) is 0 Å². The summed E-state index contributed by atoms with van der Waals surface area (Å²) in [5, 5.41) is 8.60. The van der Waals surface area contributed by atoms with Gasteiger partial charge in [-0.15, -0.1) is 0 Å². The Labute approximate surface area is 106 Å². The van der Waals surface area contributed by atoms with Gasteiger partial charge in [-0.25, -0.2) is 13.8 Å². The second kappa shape index (κ2) is 5.15. The van der Waals surface area contributed by atoms with E-state index in [1.807, 2.05) is 0 Å². The highest BCUT2D eigenvalue weighted by atomic mass is 127. The van der Waals surface area contributed by atoms with E-state index < -0.39 is 18.8 Å². The first-order valence-electron chi connectivity index (χ1n) is 3.76. The minimum absolute atomic E-state index is 0.0805. The number of nitrogens with zero attached hydrogens (tertiary/aromatic N) is 1. The fraction of sp³-hybridized carbons (Fsp3) is 0.250. The van der Waals surface area contributed by atoms with Gasteiger partial charge in [-0.2, -0.15) is 0 Å². The SMILES string of the molecule is O=C(O)Cc1c(Br)cnc(I)c1C(F)F. The molecule has 1 rings (SSSR count). The summed E-state index contributed by atoms with van der Waals surface area (Å²) in [6.45, 7) is 0. The van der Waals surface area contributed by atoms with Crippen LogP contribution in [0.5, 0.6) is 0 Å². The summed E-state index contributed by atoms with van der Waals surface area (Å²) >= 11 is 4.68. The molecule has 15 heavy (non-hydrogen) atoms. The molecule has 0 saturated carbocycles. The van der Waals surface area contributed by atoms with Gasteiger partial charge >= 0.3 is 5.97 Å². The fourth-order valence-electron chi connectivity index (χ4n) is 1.07. The molecule has 0 aliphatic carbocycles. The second-order valence-electron chi connectivity index (χ2n) is 2.66. The zero-order valence-electron chi connectivity index (χ0n) is 7.18. The van der Waals surface area contributed by atoms with Crippen molar-refractivity contribution in [1.82, 2.24) is 4.98 Å². The Hall–Kier alpha value is -0.310. The second-order valence-corrected chi connectivity index (χ2v) is 4.54. The van der Waals surface area contributed by atoms with Crippen molar-refractivity contribution >= 4 is 44.5 Å². The first-order chi connectivity index (χ1) is 6.93. The zero-order chi connectivity index (χ0) is 11.6. The average Bonchev–Trinajstić information content (AvgIpc) is 2.10. The van der Waals surface area contributed by atoms with Crippen molar-refractivity contribution in [3.05, 3.63) is 25.5 Å². The Morgan fingerprint density at radius 2 is 2.27 bits per heavy atom. The van der Waals surface area contributed by atoms with Crippen molar-refractivity contribution in [3.63, 3.8) is 0 Å². The number of aliphatic carboxylic acids is 1. The topological polar surface area (TPSA) is 50.2 Å². The molecule has 1 N–H and O–H groups in total. The maximum absolute atomic E-state index is 12.7. The van der Waals surface area contributed by atoms with Gasteiger partial charge < -0.3 is 5.11 Å². The highest BCUT2D eigenvalue weighted by molar-refractivity contribution is 14.1. The Morgan fingerprint density at radius 3 is 2.73 bits per heavy atom. The summed E-state index contributed by atoms with van der Waals surface area (Å²) in [7, 11) is 0. The predicted molar refractivity (Wildman–Crippen MR) is 61.0 cm³/mol. The van der Waals surface area contributed by atoms with Crippen LogP contribution < -0.4 is 0 Å². The molecule has 1 heterocycles. The Morgan fingerprint density at radius 1 is 1.67 bits per heavy atom. The van der Waals surface area contributed by atoms with E-state index in [1.165, 1.54) is 6.20 Å². The third-order valence-corrected chi connectivity index (χ3v) is 3.22. The van der Waals surface area contributed by atoms with Gasteiger partial charge in [0.15, 0.2) is 0 Å². The third kappa shape index (κ3) is 3.07. The molecular formula is C8H5BrF2INO2. The summed E-state index contributed by atoms with van der Waals surface area (Å²) in [5.74, 6) is -1.15. The van der Waals surface area contributed by atoms with E-state index in [0.717, 1.165) is 0 Å². The number of carboxylic acids is 1. The highest BCUT2D eigenvalue weighted by Gasteiger charge is 2.21. The molecule has 0 amide bonds. The lowest BCUT2D eigenvalue weighted by molar-refractivity contribution is -0.136. The predicted octanol–water partition coefficient (Wildman–Crippen LogP) is 3.01. The van der Waals surface area contributed by atoms with Crippen LogP contribution in [0, 0.1) is 3.70 Å². The molecule has 0 unspecified atom stereocenters. The van der Waals surface area contributed by atoms with Crippen LogP contribution in [0.3, 0.4) is 0 Å². The molecule has 0 fully saturated rings. The molecule has 0 saturated heterocycles. The van der Waals surface area contributed by atoms with Crippen molar-refractivity contribution in [2.75, 3.05) is 0 Å². The van der Waals surface area contributed by atoms with Crippen molar-refractivity contribution < 1.29 is 18.7 Å². The maximum Gasteiger partial charge on any atom is 0.307 e. The van der Waals surface area contributed by atoms with Crippen LogP contribution in [0.4, 0.5) is 8.78 Å². The first kappa shape index (κ1) is 12.8. The van der Waals surface area contributed by atoms with Crippen molar-refractivity contribution in [2.45, 2.75) is 12.8 Å². The molecule has 3 nitrogen and oxygen atoms in total. The standard InChI is InChI=1S/C8H5BrF2INO2/c9-4-2-13-8(12)6(7(10)11)3(4)1-5(14)15/h2,7H,1H2,(H,14,15). The molecule has 0 atom stereocenters. The van der Waals surface area contributed by atoms with Crippen molar-refractivity contribution in [2.24, 2.45) is 0 Å². The number of carboxylic acid groups (broad SMARTS) is 1. The first-order valence-corrected chi connectivity index (χ1v) is 5.63. The molecule has 0 spiro atoms. The number of aromatic nitrogens is 1. The molecule has 1 aromatic rings. The molecule has 0 aromatic carbocycles. The van der Waals surface area contributed by atoms with Gasteiger partial charge in [0.2, 0.25) is 0 Å². The van der Waals surface area contributed by atoms with Gasteiger partial charge in [-0.05, 0) is 44.1 Å². The van der Waals surface area contributed by atoms with Gasteiger partial charge in [-0.3, -0.25) is 4.79 Å². The van der Waals surface area contributed by atoms with Crippen LogP contribution in [-0.4, -0.2) is 16.1 Å². The number of rotatable bonds is 3. The monoisotopic (exact) mass is 391 g/mol. The summed E-state index contributed by atoms with van der Waals surface area (Å²) < 4.78 is 25.7. The van der Waals surface area contributed by atoms with E-state index in [-0.39, 0.29) is 14.8 Å². The van der Waals surface area contributed by atoms with Gasteiger partial charge in [0.1, 0.15) is 3.70 Å². The van der Waals surface area contributed by atoms with Crippen LogP contribution in [0.2, 0.25) is 0 Å². The van der Waals surface area contributed by atoms with Crippen LogP contribution in [0.1, 0.15) is 17.6 Å². The van der Waals surface area contributed by atoms with Gasteiger partial charge in [0, 0.05) is 10.7 Å². The molecule has 7 heteroatoms. The molecule has 0 radical (unpaired) electrons. The molecular weight excluding hydrogens is 387 g/mol. The third-order valence-electron chi connectivity index (χ3n) is 1.67. The molecule has 0 aliphatic rings. The average molecular weight is 392 g/mol.